The van der Waals surface area contributed by atoms with Gasteiger partial charge in [0.1, 0.15) is 6.10 Å². The minimum Gasteiger partial charge on any atom is -0.379 e. The number of carbonyl (C=O) groups is 1. The molecule has 1 aromatic heterocycles. The first kappa shape index (κ1) is 15.0. The second-order valence-corrected chi connectivity index (χ2v) is 4.62. The standard InChI is InChI=1S/C16H19N3O2/c1-12(21-2)16(20)19-14-8-6-13(7-9-14)18-11-15-5-3-4-10-17-15/h3-10,12,18H,11H2,1-2H3,(H,19,20). The van der Waals surface area contributed by atoms with Crippen LogP contribution in [0.2, 0.25) is 0 Å². The topological polar surface area (TPSA) is 63.2 Å². The zero-order chi connectivity index (χ0) is 15.1. The summed E-state index contributed by atoms with van der Waals surface area (Å²) in [5, 5.41) is 6.07. The van der Waals surface area contributed by atoms with Gasteiger partial charge in [0.2, 0.25) is 0 Å². The van der Waals surface area contributed by atoms with E-state index in [2.05, 4.69) is 15.6 Å². The molecule has 0 spiro atoms. The molecule has 0 bridgehead atoms. The van der Waals surface area contributed by atoms with Crippen molar-refractivity contribution < 1.29 is 9.53 Å². The van der Waals surface area contributed by atoms with Crippen LogP contribution in [0.15, 0.2) is 48.7 Å². The first-order chi connectivity index (χ1) is 10.2. The van der Waals surface area contributed by atoms with Crippen LogP contribution < -0.4 is 10.6 Å². The molecule has 21 heavy (non-hydrogen) atoms. The smallest absolute Gasteiger partial charge is 0.253 e. The SMILES string of the molecule is COC(C)C(=O)Nc1ccc(NCc2ccccn2)cc1. The number of nitrogens with zero attached hydrogens (tertiary/aromatic N) is 1. The lowest BCUT2D eigenvalue weighted by atomic mass is 10.2. The molecular weight excluding hydrogens is 266 g/mol. The van der Waals surface area contributed by atoms with Gasteiger partial charge in [0.05, 0.1) is 12.2 Å². The number of rotatable bonds is 6. The van der Waals surface area contributed by atoms with Crippen molar-refractivity contribution in [2.45, 2.75) is 19.6 Å². The highest BCUT2D eigenvalue weighted by atomic mass is 16.5. The normalized spacial score (nSPS) is 11.7. The summed E-state index contributed by atoms with van der Waals surface area (Å²) in [6.07, 6.45) is 1.30. The van der Waals surface area contributed by atoms with Crippen LogP contribution in [0.3, 0.4) is 0 Å². The van der Waals surface area contributed by atoms with Gasteiger partial charge in [0, 0.05) is 24.7 Å². The van der Waals surface area contributed by atoms with Crippen molar-refractivity contribution in [2.75, 3.05) is 17.7 Å². The Hall–Kier alpha value is -2.40. The fraction of sp³-hybridized carbons (Fsp3) is 0.250. The number of carbonyl (C=O) groups excluding carboxylic acids is 1. The van der Waals surface area contributed by atoms with Crippen molar-refractivity contribution in [3.05, 3.63) is 54.4 Å². The van der Waals surface area contributed by atoms with Gasteiger partial charge >= 0.3 is 0 Å². The summed E-state index contributed by atoms with van der Waals surface area (Å²) in [6, 6.07) is 13.3. The minimum atomic E-state index is -0.466. The van der Waals surface area contributed by atoms with Crippen LogP contribution in [0.4, 0.5) is 11.4 Å². The number of hydrogen-bond acceptors (Lipinski definition) is 4. The monoisotopic (exact) mass is 285 g/mol. The number of aromatic nitrogens is 1. The maximum Gasteiger partial charge on any atom is 0.253 e. The molecule has 0 saturated carbocycles. The average Bonchev–Trinajstić information content (AvgIpc) is 2.54. The number of nitrogens with one attached hydrogen (secondary N) is 2. The molecule has 0 fully saturated rings. The Labute approximate surface area is 124 Å². The predicted octanol–water partition coefficient (Wildman–Crippen LogP) is 2.67. The molecule has 0 aliphatic heterocycles. The van der Waals surface area contributed by atoms with E-state index >= 15 is 0 Å². The van der Waals surface area contributed by atoms with Crippen molar-refractivity contribution in [1.29, 1.82) is 0 Å². The predicted molar refractivity (Wildman–Crippen MR) is 83.1 cm³/mol. The van der Waals surface area contributed by atoms with Crippen LogP contribution in [0.5, 0.6) is 0 Å². The Morgan fingerprint density at radius 1 is 1.19 bits per heavy atom. The van der Waals surface area contributed by atoms with Crippen LogP contribution in [0.25, 0.3) is 0 Å². The highest BCUT2D eigenvalue weighted by molar-refractivity contribution is 5.94. The van der Waals surface area contributed by atoms with Gasteiger partial charge in [0.15, 0.2) is 0 Å². The summed E-state index contributed by atoms with van der Waals surface area (Å²) in [5.41, 5.74) is 2.69. The number of anilines is 2. The quantitative estimate of drug-likeness (QED) is 0.856. The summed E-state index contributed by atoms with van der Waals surface area (Å²) in [6.45, 7) is 2.37. The number of benzene rings is 1. The largest absolute Gasteiger partial charge is 0.379 e. The zero-order valence-corrected chi connectivity index (χ0v) is 12.2. The number of methoxy groups -OCH3 is 1. The van der Waals surface area contributed by atoms with Crippen LogP contribution in [-0.2, 0) is 16.1 Å². The molecule has 0 saturated heterocycles. The Balaban J connectivity index is 1.88. The molecule has 1 heterocycles. The Morgan fingerprint density at radius 3 is 2.52 bits per heavy atom. The fourth-order valence-electron chi connectivity index (χ4n) is 1.72. The third kappa shape index (κ3) is 4.57. The Kier molecular flexibility index (Phi) is 5.29. The van der Waals surface area contributed by atoms with Gasteiger partial charge in [-0.1, -0.05) is 6.07 Å². The van der Waals surface area contributed by atoms with Crippen LogP contribution in [-0.4, -0.2) is 24.1 Å². The van der Waals surface area contributed by atoms with Crippen molar-refractivity contribution in [2.24, 2.45) is 0 Å². The first-order valence-electron chi connectivity index (χ1n) is 6.76. The summed E-state index contributed by atoms with van der Waals surface area (Å²) < 4.78 is 4.96. The summed E-state index contributed by atoms with van der Waals surface area (Å²) in [5.74, 6) is -0.160. The third-order valence-corrected chi connectivity index (χ3v) is 3.07. The van der Waals surface area contributed by atoms with Gasteiger partial charge in [-0.3, -0.25) is 9.78 Å². The molecule has 1 atom stereocenters. The van der Waals surface area contributed by atoms with E-state index in [0.717, 1.165) is 17.1 Å². The number of ether oxygens (including phenoxy) is 1. The van der Waals surface area contributed by atoms with E-state index < -0.39 is 6.10 Å². The Bertz CT molecular complexity index is 570. The van der Waals surface area contributed by atoms with Gasteiger partial charge in [-0.15, -0.1) is 0 Å². The molecular formula is C16H19N3O2. The number of pyridine rings is 1. The molecule has 110 valence electrons. The molecule has 2 aromatic rings. The molecule has 0 radical (unpaired) electrons. The third-order valence-electron chi connectivity index (χ3n) is 3.07. The van der Waals surface area contributed by atoms with Crippen molar-refractivity contribution in [3.63, 3.8) is 0 Å². The highest BCUT2D eigenvalue weighted by Crippen LogP contribution is 2.14. The minimum absolute atomic E-state index is 0.160. The van der Waals surface area contributed by atoms with Crippen molar-refractivity contribution in [1.82, 2.24) is 4.98 Å². The maximum atomic E-state index is 11.7. The molecule has 1 amide bonds. The second-order valence-electron chi connectivity index (χ2n) is 4.62. The summed E-state index contributed by atoms with van der Waals surface area (Å²) in [4.78, 5) is 15.9. The Morgan fingerprint density at radius 2 is 1.90 bits per heavy atom. The number of amides is 1. The molecule has 2 N–H and O–H groups in total. The van der Waals surface area contributed by atoms with Gasteiger partial charge in [-0.05, 0) is 43.3 Å². The molecule has 5 heteroatoms. The maximum absolute atomic E-state index is 11.7. The zero-order valence-electron chi connectivity index (χ0n) is 12.2. The van der Waals surface area contributed by atoms with E-state index in [1.807, 2.05) is 42.5 Å². The van der Waals surface area contributed by atoms with Crippen LogP contribution in [0, 0.1) is 0 Å². The van der Waals surface area contributed by atoms with Gasteiger partial charge in [-0.2, -0.15) is 0 Å². The van der Waals surface area contributed by atoms with Gasteiger partial charge in [-0.25, -0.2) is 0 Å². The molecule has 1 unspecified atom stereocenters. The van der Waals surface area contributed by atoms with Gasteiger partial charge < -0.3 is 15.4 Å². The lowest BCUT2D eigenvalue weighted by molar-refractivity contribution is -0.124. The number of hydrogen-bond donors (Lipinski definition) is 2. The van der Waals surface area contributed by atoms with E-state index in [9.17, 15) is 4.79 Å². The molecule has 5 nitrogen and oxygen atoms in total. The average molecular weight is 285 g/mol. The van der Waals surface area contributed by atoms with E-state index in [-0.39, 0.29) is 5.91 Å². The first-order valence-corrected chi connectivity index (χ1v) is 6.76. The van der Waals surface area contributed by atoms with E-state index in [1.54, 1.807) is 13.1 Å². The van der Waals surface area contributed by atoms with Gasteiger partial charge in [0.25, 0.3) is 5.91 Å². The van der Waals surface area contributed by atoms with E-state index in [0.29, 0.717) is 6.54 Å². The lowest BCUT2D eigenvalue weighted by Gasteiger charge is -2.11. The lowest BCUT2D eigenvalue weighted by Crippen LogP contribution is -2.26. The van der Waals surface area contributed by atoms with Crippen LogP contribution in [0.1, 0.15) is 12.6 Å². The summed E-state index contributed by atoms with van der Waals surface area (Å²) in [7, 11) is 1.51. The van der Waals surface area contributed by atoms with Crippen molar-refractivity contribution >= 4 is 17.3 Å². The second kappa shape index (κ2) is 7.40. The van der Waals surface area contributed by atoms with E-state index in [1.165, 1.54) is 7.11 Å². The summed E-state index contributed by atoms with van der Waals surface area (Å²) >= 11 is 0. The fourth-order valence-corrected chi connectivity index (χ4v) is 1.72. The molecule has 0 aliphatic rings. The molecule has 2 rings (SSSR count). The van der Waals surface area contributed by atoms with Crippen molar-refractivity contribution in [3.8, 4) is 0 Å². The van der Waals surface area contributed by atoms with Crippen LogP contribution >= 0.6 is 0 Å². The molecule has 0 aliphatic carbocycles. The highest BCUT2D eigenvalue weighted by Gasteiger charge is 2.11. The van der Waals surface area contributed by atoms with E-state index in [4.69, 9.17) is 4.74 Å². The molecule has 1 aromatic carbocycles.